The first-order valence-corrected chi connectivity index (χ1v) is 13.5. The number of nitriles is 2. The molecule has 0 spiro atoms. The number of allylic oxidation sites excluding steroid dienone is 2. The molecule has 248 valence electrons. The molecule has 0 radical (unpaired) electrons. The van der Waals surface area contributed by atoms with E-state index in [1.807, 2.05) is 0 Å². The van der Waals surface area contributed by atoms with Crippen LogP contribution in [0.1, 0.15) is 18.1 Å². The average molecular weight is 692 g/mol. The highest BCUT2D eigenvalue weighted by atomic mass is 19.4. The Labute approximate surface area is 273 Å². The molecule has 2 aliphatic rings. The highest BCUT2D eigenvalue weighted by Gasteiger charge is 2.41. The zero-order valence-corrected chi connectivity index (χ0v) is 24.6. The Morgan fingerprint density at radius 2 is 1.20 bits per heavy atom. The molecule has 18 heteroatoms. The van der Waals surface area contributed by atoms with Crippen LogP contribution in [0.15, 0.2) is 46.8 Å². The Balaban J connectivity index is 2.18. The van der Waals surface area contributed by atoms with Gasteiger partial charge in [0.25, 0.3) is 0 Å². The molecule has 3 aromatic carbocycles. The minimum Gasteiger partial charge on any atom is -0.405 e. The van der Waals surface area contributed by atoms with E-state index in [1.165, 1.54) is 19.1 Å². The largest absolute Gasteiger partial charge is 0.573 e. The predicted molar refractivity (Wildman–Crippen MR) is 155 cm³/mol. The van der Waals surface area contributed by atoms with Crippen molar-refractivity contribution in [1.29, 1.82) is 10.5 Å². The van der Waals surface area contributed by atoms with Gasteiger partial charge in [0.15, 0.2) is 0 Å². The van der Waals surface area contributed by atoms with Gasteiger partial charge in [-0.3, -0.25) is 20.2 Å². The van der Waals surface area contributed by atoms with E-state index in [2.05, 4.69) is 14.4 Å². The fraction of sp³-hybridized carbons (Fsp3) is 0.125. The van der Waals surface area contributed by atoms with Gasteiger partial charge in [-0.15, -0.1) is 13.2 Å². The molecule has 3 aromatic rings. The topological polar surface area (TPSA) is 152 Å². The molecule has 0 saturated carbocycles. The van der Waals surface area contributed by atoms with E-state index < -0.39 is 108 Å². The molecule has 0 atom stereocenters. The first-order chi connectivity index (χ1) is 23.5. The summed E-state index contributed by atoms with van der Waals surface area (Å²) in [5.74, 6) is -8.77. The molecule has 0 saturated heterocycles. The van der Waals surface area contributed by atoms with Crippen molar-refractivity contribution < 1.29 is 45.3 Å². The van der Waals surface area contributed by atoms with Gasteiger partial charge in [0.2, 0.25) is 23.3 Å². The summed E-state index contributed by atoms with van der Waals surface area (Å²) >= 11 is 0. The van der Waals surface area contributed by atoms with Crippen LogP contribution in [0.3, 0.4) is 0 Å². The summed E-state index contributed by atoms with van der Waals surface area (Å²) in [6.07, 6.45) is -6.91. The number of hydrogen-bond donors (Lipinski definition) is 0. The summed E-state index contributed by atoms with van der Waals surface area (Å²) in [6, 6.07) is 4.67. The first-order valence-electron chi connectivity index (χ1n) is 13.5. The van der Waals surface area contributed by atoms with Crippen LogP contribution in [0.5, 0.6) is 0 Å². The van der Waals surface area contributed by atoms with Crippen molar-refractivity contribution in [2.24, 2.45) is 0 Å². The quantitative estimate of drug-likeness (QED) is 0.0947. The molecule has 0 fully saturated rings. The van der Waals surface area contributed by atoms with Gasteiger partial charge in [0, 0.05) is 17.2 Å². The molecular formula is C32H11F7N6O5. The third kappa shape index (κ3) is 5.41. The maximum atomic E-state index is 15.1. The maximum absolute atomic E-state index is 15.1. The van der Waals surface area contributed by atoms with Crippen LogP contribution in [0, 0.1) is 79.3 Å². The van der Waals surface area contributed by atoms with Crippen LogP contribution in [-0.2, 0) is 17.6 Å². The predicted octanol–water partition coefficient (Wildman–Crippen LogP) is 6.71. The van der Waals surface area contributed by atoms with Gasteiger partial charge in [-0.25, -0.2) is 0 Å². The van der Waals surface area contributed by atoms with Crippen molar-refractivity contribution in [2.75, 3.05) is 0 Å². The molecular weight excluding hydrogens is 681 g/mol. The van der Waals surface area contributed by atoms with E-state index in [4.69, 9.17) is 13.1 Å². The number of fused-ring (bicyclic) bond motifs is 2. The second-order valence-corrected chi connectivity index (χ2v) is 10.5. The number of hydrogen-bond acceptors (Lipinski definition) is 7. The van der Waals surface area contributed by atoms with Gasteiger partial charge in [0.05, 0.1) is 15.4 Å². The number of ether oxygens (including phenoxy) is 1. The normalized spacial score (nSPS) is 13.1. The second kappa shape index (κ2) is 12.2. The van der Waals surface area contributed by atoms with E-state index >= 15 is 17.6 Å². The number of halogens is 7. The Morgan fingerprint density at radius 3 is 1.58 bits per heavy atom. The lowest BCUT2D eigenvalue weighted by Gasteiger charge is -2.17. The fourth-order valence-corrected chi connectivity index (χ4v) is 6.14. The molecule has 0 aromatic heterocycles. The van der Waals surface area contributed by atoms with E-state index in [0.29, 0.717) is 24.3 Å². The Kier molecular flexibility index (Phi) is 8.36. The number of benzene rings is 3. The van der Waals surface area contributed by atoms with Crippen LogP contribution in [-0.4, -0.2) is 16.2 Å². The standard InChI is InChI=1S/C32H11F7N6O5/c1-12-16(31(42-2)43-3)8-18-24(12)25(13-4-20(33)28(44(46)47)21(34)5-13)19-9-17(15(10-40)11-41)30(50-32(37,38)39)27(19)26(18)14-6-22(35)29(45(48)49)23(36)7-14/h4-7H,8-9H2,1H3. The minimum absolute atomic E-state index is 0.0274. The molecule has 0 N–H and O–H groups in total. The van der Waals surface area contributed by atoms with Crippen molar-refractivity contribution in [2.45, 2.75) is 26.1 Å². The highest BCUT2D eigenvalue weighted by Crippen LogP contribution is 2.42. The van der Waals surface area contributed by atoms with Crippen molar-refractivity contribution in [3.63, 3.8) is 0 Å². The van der Waals surface area contributed by atoms with E-state index in [0.717, 1.165) is 0 Å². The van der Waals surface area contributed by atoms with Crippen LogP contribution in [0.2, 0.25) is 0 Å². The summed E-state index contributed by atoms with van der Waals surface area (Å²) in [5.41, 5.74) is -7.47. The van der Waals surface area contributed by atoms with Crippen LogP contribution in [0.25, 0.3) is 43.3 Å². The number of rotatable bonds is 5. The lowest BCUT2D eigenvalue weighted by molar-refractivity contribution is -0.390. The Hall–Kier alpha value is -7.05. The van der Waals surface area contributed by atoms with Gasteiger partial charge >= 0.3 is 23.6 Å². The lowest BCUT2D eigenvalue weighted by Crippen LogP contribution is -2.26. The molecule has 0 heterocycles. The summed E-state index contributed by atoms with van der Waals surface area (Å²) in [7, 11) is 0. The third-order valence-corrected chi connectivity index (χ3v) is 7.94. The monoisotopic (exact) mass is 692 g/mol. The molecule has 0 unspecified atom stereocenters. The van der Waals surface area contributed by atoms with E-state index in [-0.39, 0.29) is 33.1 Å². The smallest absolute Gasteiger partial charge is 0.405 e. The van der Waals surface area contributed by atoms with Crippen molar-refractivity contribution in [1.82, 2.24) is 0 Å². The minimum atomic E-state index is -5.55. The Bertz CT molecular complexity index is 2430. The lowest BCUT2D eigenvalue weighted by atomic mass is 9.86. The number of nitro groups is 2. The van der Waals surface area contributed by atoms with Crippen molar-refractivity contribution >= 4 is 22.7 Å². The van der Waals surface area contributed by atoms with Crippen molar-refractivity contribution in [3.8, 4) is 34.4 Å². The molecule has 0 bridgehead atoms. The molecule has 2 aliphatic carbocycles. The fourth-order valence-electron chi connectivity index (χ4n) is 6.14. The van der Waals surface area contributed by atoms with E-state index in [9.17, 15) is 43.9 Å². The SMILES string of the molecule is [C-]#[N+]C([N+]#[C-])=C1Cc2c(-c3cc(F)c([N+](=O)[O-])c(F)c3)c3c(c(-c4cc(F)c([N+](=O)[O-])c(F)c4)c2=C1C)CC(=C(C#N)C#N)C=3OC(F)(F)F. The van der Waals surface area contributed by atoms with Gasteiger partial charge in [-0.05, 0) is 81.8 Å². The maximum Gasteiger partial charge on any atom is 0.573 e. The van der Waals surface area contributed by atoms with Gasteiger partial charge in [-0.2, -0.15) is 37.8 Å². The second-order valence-electron chi connectivity index (χ2n) is 10.5. The zero-order valence-electron chi connectivity index (χ0n) is 24.6. The summed E-state index contributed by atoms with van der Waals surface area (Å²) < 4.78 is 107. The average Bonchev–Trinajstić information content (AvgIpc) is 3.53. The van der Waals surface area contributed by atoms with E-state index in [1.54, 1.807) is 0 Å². The number of nitro benzene ring substituents is 2. The summed E-state index contributed by atoms with van der Waals surface area (Å²) in [5, 5.41) is 41.2. The van der Waals surface area contributed by atoms with Gasteiger partial charge in [0.1, 0.15) is 36.6 Å². The van der Waals surface area contributed by atoms with Crippen LogP contribution >= 0.6 is 0 Å². The zero-order chi connectivity index (χ0) is 37.0. The highest BCUT2D eigenvalue weighted by molar-refractivity contribution is 5.91. The molecule has 0 aliphatic heterocycles. The molecule has 50 heavy (non-hydrogen) atoms. The number of alkyl halides is 3. The summed E-state index contributed by atoms with van der Waals surface area (Å²) in [6.45, 7) is 16.3. The van der Waals surface area contributed by atoms with Gasteiger partial charge in [-0.1, -0.05) is 0 Å². The summed E-state index contributed by atoms with van der Waals surface area (Å²) in [4.78, 5) is 26.2. The number of nitrogens with zero attached hydrogens (tertiary/aromatic N) is 6. The van der Waals surface area contributed by atoms with Crippen molar-refractivity contribution in [3.05, 3.63) is 135 Å². The Morgan fingerprint density at radius 1 is 0.800 bits per heavy atom. The first kappa shape index (κ1) is 34.3. The molecule has 0 amide bonds. The van der Waals surface area contributed by atoms with Crippen LogP contribution in [0.4, 0.5) is 42.1 Å². The molecule has 11 nitrogen and oxygen atoms in total. The molecule has 5 rings (SSSR count). The van der Waals surface area contributed by atoms with Crippen LogP contribution < -0.4 is 10.4 Å². The third-order valence-electron chi connectivity index (χ3n) is 7.94. The van der Waals surface area contributed by atoms with Gasteiger partial charge < -0.3 is 4.74 Å².